The summed E-state index contributed by atoms with van der Waals surface area (Å²) in [5.74, 6) is 0.531. The predicted octanol–water partition coefficient (Wildman–Crippen LogP) is 13.4. The molecule has 11 aromatic rings. The summed E-state index contributed by atoms with van der Waals surface area (Å²) in [4.78, 5) is 14.9. The van der Waals surface area contributed by atoms with Crippen LogP contribution in [0.2, 0.25) is 0 Å². The summed E-state index contributed by atoms with van der Waals surface area (Å²) in [7, 11) is 0. The Morgan fingerprint density at radius 3 is 1.93 bits per heavy atom. The quantitative estimate of drug-likeness (QED) is 0.141. The summed E-state index contributed by atoms with van der Waals surface area (Å²) in [6.07, 6.45) is 1.80. The molecule has 0 atom stereocenters. The minimum atomic E-state index is 0.0949. The Morgan fingerprint density at radius 2 is 1.14 bits per heavy atom. The van der Waals surface area contributed by atoms with E-state index in [2.05, 4.69) is 66.7 Å². The van der Waals surface area contributed by atoms with Gasteiger partial charge in [-0.3, -0.25) is 5.41 Å². The fourth-order valence-electron chi connectivity index (χ4n) is 8.14. The van der Waals surface area contributed by atoms with Gasteiger partial charge < -0.3 is 8.83 Å². The number of hydrogen-bond donors (Lipinski definition) is 1. The van der Waals surface area contributed by atoms with E-state index < -0.39 is 0 Å². The number of aromatic nitrogens is 1. The van der Waals surface area contributed by atoms with Crippen LogP contribution >= 0.6 is 0 Å². The lowest BCUT2D eigenvalue weighted by Gasteiger charge is -2.13. The van der Waals surface area contributed by atoms with E-state index in [0.29, 0.717) is 17.1 Å². The van der Waals surface area contributed by atoms with E-state index in [0.717, 1.165) is 93.4 Å². The standard InChI is InChI=1S/C52H32N4O2/c53-50(34-27-25-33(26-28-34)48-40-19-7-6-18-39(40)47-44-20-9-11-24-46(44)58-52(47)55-48)56-51(54-31-32-13-2-1-3-14-32)43-30-29-37(35-15-4-5-16-36(35)43)41-21-12-22-42-38-17-8-10-23-45(38)57-49(41)42/h1-31,53H. The van der Waals surface area contributed by atoms with Crippen molar-refractivity contribution >= 4 is 83.4 Å². The van der Waals surface area contributed by atoms with Crippen LogP contribution in [-0.4, -0.2) is 22.9 Å². The molecule has 0 radical (unpaired) electrons. The van der Waals surface area contributed by atoms with Gasteiger partial charge in [-0.25, -0.2) is 15.0 Å². The second-order valence-electron chi connectivity index (χ2n) is 14.3. The monoisotopic (exact) mass is 744 g/mol. The topological polar surface area (TPSA) is 87.7 Å². The Hall–Kier alpha value is -7.96. The highest BCUT2D eigenvalue weighted by molar-refractivity contribution is 6.22. The summed E-state index contributed by atoms with van der Waals surface area (Å²) in [6, 6.07) is 61.1. The SMILES string of the molecule is N=C(N=C(N=Cc1ccccc1)c1ccc(-c2cccc3c2oc2ccccc23)c2ccccc12)c1ccc(-c2nc3oc4ccccc4c3c3ccccc23)cc1. The lowest BCUT2D eigenvalue weighted by atomic mass is 9.93. The second-order valence-corrected chi connectivity index (χ2v) is 14.3. The number of aliphatic imine (C=N–C) groups is 2. The van der Waals surface area contributed by atoms with Gasteiger partial charge in [0.1, 0.15) is 16.7 Å². The van der Waals surface area contributed by atoms with Crippen molar-refractivity contribution in [3.05, 3.63) is 199 Å². The third-order valence-corrected chi connectivity index (χ3v) is 10.9. The number of amidine groups is 2. The minimum absolute atomic E-state index is 0.0949. The summed E-state index contributed by atoms with van der Waals surface area (Å²) in [6.45, 7) is 0. The molecule has 0 saturated carbocycles. The zero-order valence-corrected chi connectivity index (χ0v) is 31.1. The van der Waals surface area contributed by atoms with Crippen molar-refractivity contribution in [1.29, 1.82) is 5.41 Å². The van der Waals surface area contributed by atoms with E-state index in [-0.39, 0.29) is 5.84 Å². The van der Waals surface area contributed by atoms with E-state index in [4.69, 9.17) is 23.8 Å². The Bertz CT molecular complexity index is 3470. The first-order chi connectivity index (χ1) is 28.7. The number of nitrogens with zero attached hydrogens (tertiary/aromatic N) is 3. The number of benzene rings is 8. The summed E-state index contributed by atoms with van der Waals surface area (Å²) in [5.41, 5.74) is 9.33. The molecular weight excluding hydrogens is 713 g/mol. The van der Waals surface area contributed by atoms with Crippen LogP contribution in [0.1, 0.15) is 16.7 Å². The van der Waals surface area contributed by atoms with Crippen LogP contribution in [0, 0.1) is 5.41 Å². The van der Waals surface area contributed by atoms with Gasteiger partial charge in [0, 0.05) is 50.0 Å². The number of nitrogens with one attached hydrogen (secondary N) is 1. The lowest BCUT2D eigenvalue weighted by molar-refractivity contribution is 0.655. The number of hydrogen-bond acceptors (Lipinski definition) is 4. The second kappa shape index (κ2) is 13.7. The Labute approximate surface area is 332 Å². The third-order valence-electron chi connectivity index (χ3n) is 10.9. The van der Waals surface area contributed by atoms with E-state index >= 15 is 0 Å². The van der Waals surface area contributed by atoms with Gasteiger partial charge in [-0.05, 0) is 45.5 Å². The minimum Gasteiger partial charge on any atom is -0.455 e. The van der Waals surface area contributed by atoms with Gasteiger partial charge in [0.15, 0.2) is 11.7 Å². The molecule has 8 aromatic carbocycles. The molecule has 3 heterocycles. The Kier molecular flexibility index (Phi) is 7.86. The Morgan fingerprint density at radius 1 is 0.500 bits per heavy atom. The van der Waals surface area contributed by atoms with Gasteiger partial charge in [-0.1, -0.05) is 164 Å². The van der Waals surface area contributed by atoms with Gasteiger partial charge in [0.2, 0.25) is 5.71 Å². The molecule has 0 aliphatic rings. The smallest absolute Gasteiger partial charge is 0.228 e. The molecular formula is C52H32N4O2. The average molecular weight is 745 g/mol. The molecule has 0 bridgehead atoms. The van der Waals surface area contributed by atoms with Gasteiger partial charge in [0.05, 0.1) is 11.1 Å². The van der Waals surface area contributed by atoms with E-state index in [9.17, 15) is 5.41 Å². The predicted molar refractivity (Wildman–Crippen MR) is 239 cm³/mol. The zero-order chi connectivity index (χ0) is 38.6. The molecule has 3 aromatic heterocycles. The molecule has 6 heteroatoms. The van der Waals surface area contributed by atoms with Crippen LogP contribution in [-0.2, 0) is 0 Å². The molecule has 0 aliphatic heterocycles. The van der Waals surface area contributed by atoms with E-state index in [1.165, 1.54) is 0 Å². The largest absolute Gasteiger partial charge is 0.455 e. The highest BCUT2D eigenvalue weighted by atomic mass is 16.3. The number of rotatable bonds is 5. The van der Waals surface area contributed by atoms with Crippen molar-refractivity contribution < 1.29 is 8.83 Å². The van der Waals surface area contributed by atoms with Crippen molar-refractivity contribution in [2.45, 2.75) is 0 Å². The number of fused-ring (bicyclic) bond motifs is 9. The highest BCUT2D eigenvalue weighted by Crippen LogP contribution is 2.40. The van der Waals surface area contributed by atoms with Crippen LogP contribution in [0.3, 0.4) is 0 Å². The number of para-hydroxylation sites is 3. The van der Waals surface area contributed by atoms with Crippen LogP contribution in [0.25, 0.3) is 87.9 Å². The summed E-state index contributed by atoms with van der Waals surface area (Å²) < 4.78 is 12.7. The van der Waals surface area contributed by atoms with Crippen LogP contribution in [0.15, 0.2) is 201 Å². The molecule has 0 spiro atoms. The maximum absolute atomic E-state index is 9.29. The lowest BCUT2D eigenvalue weighted by Crippen LogP contribution is -2.06. The maximum atomic E-state index is 9.29. The van der Waals surface area contributed by atoms with Gasteiger partial charge >= 0.3 is 0 Å². The van der Waals surface area contributed by atoms with E-state index in [1.54, 1.807) is 6.21 Å². The maximum Gasteiger partial charge on any atom is 0.228 e. The summed E-state index contributed by atoms with van der Waals surface area (Å²) >= 11 is 0. The summed E-state index contributed by atoms with van der Waals surface area (Å²) in [5, 5.41) is 17.6. The molecule has 272 valence electrons. The zero-order valence-electron chi connectivity index (χ0n) is 31.1. The molecule has 11 rings (SSSR count). The number of furan rings is 2. The molecule has 1 N–H and O–H groups in total. The van der Waals surface area contributed by atoms with Crippen LogP contribution in [0.4, 0.5) is 0 Å². The fraction of sp³-hybridized carbons (Fsp3) is 0. The molecule has 0 fully saturated rings. The highest BCUT2D eigenvalue weighted by Gasteiger charge is 2.19. The first-order valence-electron chi connectivity index (χ1n) is 19.2. The third kappa shape index (κ3) is 5.58. The molecule has 58 heavy (non-hydrogen) atoms. The molecule has 0 amide bonds. The first-order valence-corrected chi connectivity index (χ1v) is 19.2. The molecule has 0 saturated heterocycles. The van der Waals surface area contributed by atoms with Crippen molar-refractivity contribution in [3.63, 3.8) is 0 Å². The fourth-order valence-corrected chi connectivity index (χ4v) is 8.14. The molecule has 0 unspecified atom stereocenters. The average Bonchev–Trinajstić information content (AvgIpc) is 3.86. The molecule has 6 nitrogen and oxygen atoms in total. The van der Waals surface area contributed by atoms with Crippen molar-refractivity contribution in [2.75, 3.05) is 0 Å². The molecule has 0 aliphatic carbocycles. The normalized spacial score (nSPS) is 12.2. The van der Waals surface area contributed by atoms with Crippen molar-refractivity contribution in [3.8, 4) is 22.4 Å². The Balaban J connectivity index is 1.01. The van der Waals surface area contributed by atoms with Gasteiger partial charge in [-0.2, -0.15) is 0 Å². The van der Waals surface area contributed by atoms with Gasteiger partial charge in [0.25, 0.3) is 0 Å². The van der Waals surface area contributed by atoms with Crippen LogP contribution < -0.4 is 0 Å². The van der Waals surface area contributed by atoms with E-state index in [1.807, 2.05) is 115 Å². The van der Waals surface area contributed by atoms with Crippen molar-refractivity contribution in [2.24, 2.45) is 9.98 Å². The van der Waals surface area contributed by atoms with Crippen LogP contribution in [0.5, 0.6) is 0 Å². The van der Waals surface area contributed by atoms with Gasteiger partial charge in [-0.15, -0.1) is 0 Å². The first kappa shape index (κ1) is 33.4. The van der Waals surface area contributed by atoms with Crippen molar-refractivity contribution in [1.82, 2.24) is 4.98 Å². The number of pyridine rings is 1.